The van der Waals surface area contributed by atoms with Crippen LogP contribution in [-0.2, 0) is 15.8 Å². The smallest absolute Gasteiger partial charge is 0.416 e. The van der Waals surface area contributed by atoms with E-state index in [2.05, 4.69) is 5.32 Å². The van der Waals surface area contributed by atoms with E-state index in [0.29, 0.717) is 29.3 Å². The van der Waals surface area contributed by atoms with E-state index in [-0.39, 0.29) is 29.4 Å². The number of fused-ring (bicyclic) bond motifs is 1. The Kier molecular flexibility index (Phi) is 6.37. The third-order valence-corrected chi connectivity index (χ3v) is 6.61. The largest absolute Gasteiger partial charge is 0.484 e. The summed E-state index contributed by atoms with van der Waals surface area (Å²) < 4.78 is 45.4. The number of carbonyl (C=O) groups is 2. The maximum atomic E-state index is 13.3. The lowest BCUT2D eigenvalue weighted by atomic mass is 10.1. The lowest BCUT2D eigenvalue weighted by Crippen LogP contribution is -2.36. The second kappa shape index (κ2) is 9.05. The Balaban J connectivity index is 1.48. The fraction of sp³-hybridized carbons (Fsp3) is 0.391. The number of thioether (sulfide) groups is 1. The number of carbonyl (C=O) groups excluding carboxylic acids is 2. The average Bonchev–Trinajstić information content (AvgIpc) is 3.58. The van der Waals surface area contributed by atoms with Gasteiger partial charge in [-0.3, -0.25) is 9.59 Å². The molecule has 0 bridgehead atoms. The van der Waals surface area contributed by atoms with Crippen LogP contribution in [0.4, 0.5) is 24.5 Å². The lowest BCUT2D eigenvalue weighted by molar-refractivity contribution is -0.137. The fourth-order valence-corrected chi connectivity index (χ4v) is 4.54. The number of amides is 2. The van der Waals surface area contributed by atoms with E-state index in [0.717, 1.165) is 25.0 Å². The summed E-state index contributed by atoms with van der Waals surface area (Å²) in [6.07, 6.45) is -2.06. The first-order valence-electron chi connectivity index (χ1n) is 10.4. The normalized spacial score (nSPS) is 18.5. The van der Waals surface area contributed by atoms with Gasteiger partial charge >= 0.3 is 6.18 Å². The molecule has 0 saturated heterocycles. The molecule has 1 N–H and O–H groups in total. The molecular formula is C23H23F3N2O3S. The Morgan fingerprint density at radius 2 is 1.94 bits per heavy atom. The first kappa shape index (κ1) is 22.5. The van der Waals surface area contributed by atoms with E-state index in [1.807, 2.05) is 6.92 Å². The zero-order valence-electron chi connectivity index (χ0n) is 17.4. The molecule has 1 heterocycles. The number of hydrogen-bond acceptors (Lipinski definition) is 4. The summed E-state index contributed by atoms with van der Waals surface area (Å²) in [4.78, 5) is 26.9. The van der Waals surface area contributed by atoms with Crippen LogP contribution in [-0.4, -0.2) is 30.2 Å². The van der Waals surface area contributed by atoms with Crippen molar-refractivity contribution in [2.24, 2.45) is 5.92 Å². The molecule has 4 rings (SSSR count). The number of alkyl halides is 3. The summed E-state index contributed by atoms with van der Waals surface area (Å²) in [5.41, 5.74) is 0.0458. The lowest BCUT2D eigenvalue weighted by Gasteiger charge is -2.23. The van der Waals surface area contributed by atoms with E-state index < -0.39 is 17.6 Å². The van der Waals surface area contributed by atoms with Crippen LogP contribution in [0.25, 0.3) is 0 Å². The highest BCUT2D eigenvalue weighted by molar-refractivity contribution is 8.00. The van der Waals surface area contributed by atoms with Crippen molar-refractivity contribution >= 4 is 35.0 Å². The zero-order valence-corrected chi connectivity index (χ0v) is 18.3. The second-order valence-corrected chi connectivity index (χ2v) is 9.50. The molecule has 1 unspecified atom stereocenters. The number of rotatable bonds is 5. The van der Waals surface area contributed by atoms with Crippen LogP contribution in [0.3, 0.4) is 0 Å². The number of anilines is 2. The van der Waals surface area contributed by atoms with Crippen molar-refractivity contribution in [3.05, 3.63) is 48.0 Å². The van der Waals surface area contributed by atoms with Crippen LogP contribution in [0, 0.1) is 5.92 Å². The molecule has 2 amide bonds. The van der Waals surface area contributed by atoms with Gasteiger partial charge in [-0.15, -0.1) is 11.8 Å². The molecule has 2 aromatic carbocycles. The first-order chi connectivity index (χ1) is 15.2. The summed E-state index contributed by atoms with van der Waals surface area (Å²) in [6, 6.07) is 10.2. The molecule has 32 heavy (non-hydrogen) atoms. The van der Waals surface area contributed by atoms with Gasteiger partial charge in [0, 0.05) is 34.4 Å². The number of nitrogens with one attached hydrogen (secondary N) is 1. The highest BCUT2D eigenvalue weighted by Gasteiger charge is 2.33. The molecule has 1 aliphatic heterocycles. The van der Waals surface area contributed by atoms with Crippen molar-refractivity contribution < 1.29 is 27.5 Å². The minimum Gasteiger partial charge on any atom is -0.484 e. The van der Waals surface area contributed by atoms with Crippen LogP contribution >= 0.6 is 11.8 Å². The van der Waals surface area contributed by atoms with Gasteiger partial charge < -0.3 is 15.0 Å². The Labute approximate surface area is 188 Å². The minimum absolute atomic E-state index is 0.0357. The molecule has 0 radical (unpaired) electrons. The molecule has 2 aromatic rings. The molecule has 0 aromatic heterocycles. The van der Waals surface area contributed by atoms with E-state index in [4.69, 9.17) is 4.74 Å². The van der Waals surface area contributed by atoms with Gasteiger partial charge in [0.05, 0.1) is 11.3 Å². The molecule has 9 heteroatoms. The fourth-order valence-electron chi connectivity index (χ4n) is 3.45. The monoisotopic (exact) mass is 464 g/mol. The number of benzene rings is 2. The van der Waals surface area contributed by atoms with Gasteiger partial charge in [0.2, 0.25) is 5.91 Å². The summed E-state index contributed by atoms with van der Waals surface area (Å²) >= 11 is 1.46. The Morgan fingerprint density at radius 3 is 2.66 bits per heavy atom. The number of nitrogens with zero attached hydrogens (tertiary/aromatic N) is 1. The van der Waals surface area contributed by atoms with Crippen molar-refractivity contribution in [2.45, 2.75) is 42.5 Å². The maximum absolute atomic E-state index is 13.3. The van der Waals surface area contributed by atoms with Crippen molar-refractivity contribution in [1.29, 1.82) is 0 Å². The molecular weight excluding hydrogens is 441 g/mol. The van der Waals surface area contributed by atoms with E-state index >= 15 is 0 Å². The number of hydrogen-bond donors (Lipinski definition) is 1. The molecule has 2 aliphatic rings. The van der Waals surface area contributed by atoms with Gasteiger partial charge in [-0.2, -0.15) is 13.2 Å². The first-order valence-corrected chi connectivity index (χ1v) is 11.3. The third-order valence-electron chi connectivity index (χ3n) is 5.38. The van der Waals surface area contributed by atoms with E-state index in [1.54, 1.807) is 24.3 Å². The van der Waals surface area contributed by atoms with Crippen molar-refractivity contribution in [3.8, 4) is 5.75 Å². The molecule has 170 valence electrons. The van der Waals surface area contributed by atoms with E-state index in [9.17, 15) is 22.8 Å². The quantitative estimate of drug-likeness (QED) is 0.648. The van der Waals surface area contributed by atoms with E-state index in [1.165, 1.54) is 22.7 Å². The molecule has 5 nitrogen and oxygen atoms in total. The highest BCUT2D eigenvalue weighted by Crippen LogP contribution is 2.41. The van der Waals surface area contributed by atoms with Gasteiger partial charge in [-0.05, 0) is 49.6 Å². The van der Waals surface area contributed by atoms with Gasteiger partial charge in [-0.1, -0.05) is 13.0 Å². The molecule has 1 saturated carbocycles. The predicted octanol–water partition coefficient (Wildman–Crippen LogP) is 5.35. The van der Waals surface area contributed by atoms with Crippen molar-refractivity contribution in [2.75, 3.05) is 23.4 Å². The van der Waals surface area contributed by atoms with Crippen LogP contribution in [0.2, 0.25) is 0 Å². The van der Waals surface area contributed by atoms with Crippen LogP contribution in [0.5, 0.6) is 5.75 Å². The number of ether oxygens (including phenoxy) is 1. The minimum atomic E-state index is -4.49. The summed E-state index contributed by atoms with van der Waals surface area (Å²) in [5.74, 6) is -0.000863. The SMILES string of the molecule is CC1CCN(C(=O)COc2cccc(NC(=O)C3CC3)c2)c2cc(C(F)(F)F)ccc2S1. The Morgan fingerprint density at radius 1 is 1.16 bits per heavy atom. The van der Waals surface area contributed by atoms with Crippen LogP contribution < -0.4 is 15.0 Å². The van der Waals surface area contributed by atoms with Gasteiger partial charge in [0.15, 0.2) is 6.61 Å². The standard InChI is InChI=1S/C23H23F3N2O3S/c1-14-9-10-28(19-11-16(23(24,25)26)7-8-20(19)32-14)21(29)13-31-18-4-2-3-17(12-18)27-22(30)15-5-6-15/h2-4,7-8,11-12,14-15H,5-6,9-10,13H2,1H3,(H,27,30). The Bertz CT molecular complexity index is 1020. The summed E-state index contributed by atoms with van der Waals surface area (Å²) in [7, 11) is 0. The van der Waals surface area contributed by atoms with Crippen molar-refractivity contribution in [1.82, 2.24) is 0 Å². The van der Waals surface area contributed by atoms with Gasteiger partial charge in [0.1, 0.15) is 5.75 Å². The maximum Gasteiger partial charge on any atom is 0.416 e. The Hall–Kier alpha value is -2.68. The van der Waals surface area contributed by atoms with Gasteiger partial charge in [0.25, 0.3) is 5.91 Å². The second-order valence-electron chi connectivity index (χ2n) is 8.02. The highest BCUT2D eigenvalue weighted by atomic mass is 32.2. The topological polar surface area (TPSA) is 58.6 Å². The third kappa shape index (κ3) is 5.38. The molecule has 0 spiro atoms. The molecule has 1 fully saturated rings. The summed E-state index contributed by atoms with van der Waals surface area (Å²) in [5, 5.41) is 2.98. The van der Waals surface area contributed by atoms with Crippen LogP contribution in [0.15, 0.2) is 47.4 Å². The van der Waals surface area contributed by atoms with Crippen LogP contribution in [0.1, 0.15) is 31.7 Å². The average molecular weight is 465 g/mol. The number of halogens is 3. The summed E-state index contributed by atoms with van der Waals surface area (Å²) in [6.45, 7) is 1.97. The zero-order chi connectivity index (χ0) is 22.9. The molecule has 1 atom stereocenters. The van der Waals surface area contributed by atoms with Gasteiger partial charge in [-0.25, -0.2) is 0 Å². The van der Waals surface area contributed by atoms with Crippen molar-refractivity contribution in [3.63, 3.8) is 0 Å². The molecule has 1 aliphatic carbocycles. The predicted molar refractivity (Wildman–Crippen MR) is 117 cm³/mol.